The van der Waals surface area contributed by atoms with E-state index in [4.69, 9.17) is 0 Å². The normalized spacial score (nSPS) is 18.0. The van der Waals surface area contributed by atoms with Crippen molar-refractivity contribution in [1.29, 1.82) is 0 Å². The van der Waals surface area contributed by atoms with E-state index in [2.05, 4.69) is 36.3 Å². The van der Waals surface area contributed by atoms with Gasteiger partial charge in [-0.25, -0.2) is 4.99 Å². The highest BCUT2D eigenvalue weighted by Gasteiger charge is 2.23. The summed E-state index contributed by atoms with van der Waals surface area (Å²) in [5, 5.41) is 3.42. The molecule has 1 saturated heterocycles. The van der Waals surface area contributed by atoms with Gasteiger partial charge in [0.05, 0.1) is 10.6 Å². The van der Waals surface area contributed by atoms with Crippen molar-refractivity contribution in [2.75, 3.05) is 0 Å². The zero-order chi connectivity index (χ0) is 16.2. The molecule has 0 saturated carbocycles. The van der Waals surface area contributed by atoms with Crippen molar-refractivity contribution in [3.63, 3.8) is 0 Å². The summed E-state index contributed by atoms with van der Waals surface area (Å²) in [6.07, 6.45) is 1.90. The molecule has 0 aliphatic carbocycles. The average molecular weight is 322 g/mol. The molecule has 2 aromatic rings. The molecule has 0 bridgehead atoms. The third-order valence-corrected chi connectivity index (χ3v) is 4.45. The molecule has 1 aliphatic heterocycles. The van der Waals surface area contributed by atoms with Crippen LogP contribution in [0.2, 0.25) is 0 Å². The van der Waals surface area contributed by atoms with E-state index in [1.165, 1.54) is 17.3 Å². The Balaban J connectivity index is 1.78. The molecule has 116 valence electrons. The van der Waals surface area contributed by atoms with Gasteiger partial charge in [-0.15, -0.1) is 0 Å². The van der Waals surface area contributed by atoms with Gasteiger partial charge in [0.25, 0.3) is 5.91 Å². The first-order valence-corrected chi connectivity index (χ1v) is 8.38. The number of benzene rings is 2. The summed E-state index contributed by atoms with van der Waals surface area (Å²) in [6, 6.07) is 17.9. The van der Waals surface area contributed by atoms with Crippen LogP contribution >= 0.6 is 11.8 Å². The minimum atomic E-state index is -0.0994. The highest BCUT2D eigenvalue weighted by Crippen LogP contribution is 2.28. The highest BCUT2D eigenvalue weighted by atomic mass is 32.2. The minimum Gasteiger partial charge on any atom is -0.300 e. The molecule has 1 aliphatic rings. The quantitative estimate of drug-likeness (QED) is 0.832. The van der Waals surface area contributed by atoms with Crippen molar-refractivity contribution in [3.05, 3.63) is 70.6 Å². The zero-order valence-corrected chi connectivity index (χ0v) is 13.9. The molecular formula is C19H18N2OS. The topological polar surface area (TPSA) is 41.5 Å². The molecule has 1 fully saturated rings. The number of nitrogens with zero attached hydrogens (tertiary/aromatic N) is 1. The van der Waals surface area contributed by atoms with E-state index in [1.807, 2.05) is 48.5 Å². The molecule has 3 rings (SSSR count). The van der Waals surface area contributed by atoms with E-state index in [-0.39, 0.29) is 5.91 Å². The second kappa shape index (κ2) is 6.84. The number of nitrogens with one attached hydrogen (secondary N) is 1. The first-order chi connectivity index (χ1) is 11.1. The van der Waals surface area contributed by atoms with E-state index in [0.29, 0.717) is 16.0 Å². The summed E-state index contributed by atoms with van der Waals surface area (Å²) in [5.41, 5.74) is 3.15. The van der Waals surface area contributed by atoms with Crippen LogP contribution in [0.1, 0.15) is 30.9 Å². The Hall–Kier alpha value is -2.33. The lowest BCUT2D eigenvalue weighted by Gasteiger charge is -2.04. The second-order valence-electron chi connectivity index (χ2n) is 5.64. The summed E-state index contributed by atoms with van der Waals surface area (Å²) in [7, 11) is 0. The van der Waals surface area contributed by atoms with E-state index in [1.54, 1.807) is 0 Å². The first-order valence-electron chi connectivity index (χ1n) is 7.56. The Morgan fingerprint density at radius 1 is 1.04 bits per heavy atom. The number of carbonyl (C=O) groups excluding carboxylic acids is 1. The second-order valence-corrected chi connectivity index (χ2v) is 6.67. The number of hydrogen-bond donors (Lipinski definition) is 1. The summed E-state index contributed by atoms with van der Waals surface area (Å²) in [6.45, 7) is 4.33. The van der Waals surface area contributed by atoms with Gasteiger partial charge in [-0.3, -0.25) is 4.79 Å². The van der Waals surface area contributed by atoms with Crippen LogP contribution in [0.25, 0.3) is 6.08 Å². The molecule has 0 aromatic heterocycles. The molecule has 1 amide bonds. The number of aliphatic imine (C=N–C) groups is 1. The Bertz CT molecular complexity index is 762. The van der Waals surface area contributed by atoms with Crippen LogP contribution in [0.15, 0.2) is 64.5 Å². The first kappa shape index (κ1) is 15.6. The van der Waals surface area contributed by atoms with Crippen LogP contribution in [0, 0.1) is 0 Å². The van der Waals surface area contributed by atoms with Crippen molar-refractivity contribution in [2.45, 2.75) is 19.8 Å². The molecule has 0 radical (unpaired) electrons. The molecule has 2 aromatic carbocycles. The number of amidine groups is 1. The van der Waals surface area contributed by atoms with E-state index < -0.39 is 0 Å². The molecule has 3 nitrogen and oxygen atoms in total. The van der Waals surface area contributed by atoms with Crippen LogP contribution < -0.4 is 5.32 Å². The van der Waals surface area contributed by atoms with Gasteiger partial charge in [0.15, 0.2) is 5.17 Å². The fraction of sp³-hybridized carbons (Fsp3) is 0.158. The number of para-hydroxylation sites is 1. The monoisotopic (exact) mass is 322 g/mol. The molecule has 4 heteroatoms. The number of carbonyl (C=O) groups is 1. The molecule has 1 heterocycles. The summed E-state index contributed by atoms with van der Waals surface area (Å²) < 4.78 is 0. The van der Waals surface area contributed by atoms with Crippen molar-refractivity contribution < 1.29 is 4.79 Å². The van der Waals surface area contributed by atoms with Crippen LogP contribution in [0.5, 0.6) is 0 Å². The molecule has 0 unspecified atom stereocenters. The van der Waals surface area contributed by atoms with E-state index >= 15 is 0 Å². The standard InChI is InChI=1S/C19H18N2OS/c1-13(2)15-10-8-14(9-11-15)12-17-18(22)21-19(23-17)20-16-6-4-3-5-7-16/h3-13H,1-2H3,(H,20,21,22)/b17-12-. The maximum atomic E-state index is 12.1. The third-order valence-electron chi connectivity index (χ3n) is 3.54. The van der Waals surface area contributed by atoms with Crippen molar-refractivity contribution in [3.8, 4) is 0 Å². The van der Waals surface area contributed by atoms with Crippen LogP contribution in [-0.4, -0.2) is 11.1 Å². The Labute approximate surface area is 140 Å². The van der Waals surface area contributed by atoms with Crippen molar-refractivity contribution in [1.82, 2.24) is 5.32 Å². The number of amides is 1. The van der Waals surface area contributed by atoms with Gasteiger partial charge >= 0.3 is 0 Å². The van der Waals surface area contributed by atoms with Gasteiger partial charge in [-0.2, -0.15) is 0 Å². The largest absolute Gasteiger partial charge is 0.300 e. The fourth-order valence-electron chi connectivity index (χ4n) is 2.23. The summed E-state index contributed by atoms with van der Waals surface area (Å²) in [4.78, 5) is 17.2. The van der Waals surface area contributed by atoms with Crippen LogP contribution in [0.3, 0.4) is 0 Å². The number of thioether (sulfide) groups is 1. The number of hydrogen-bond acceptors (Lipinski definition) is 3. The predicted molar refractivity (Wildman–Crippen MR) is 97.8 cm³/mol. The van der Waals surface area contributed by atoms with Crippen LogP contribution in [-0.2, 0) is 4.79 Å². The summed E-state index contributed by atoms with van der Waals surface area (Å²) in [5.74, 6) is 0.406. The van der Waals surface area contributed by atoms with E-state index in [0.717, 1.165) is 11.3 Å². The SMILES string of the molecule is CC(C)c1ccc(/C=C2\SC(=Nc3ccccc3)NC2=O)cc1. The molecule has 1 N–H and O–H groups in total. The lowest BCUT2D eigenvalue weighted by molar-refractivity contribution is -0.115. The maximum absolute atomic E-state index is 12.1. The molecular weight excluding hydrogens is 304 g/mol. The third kappa shape index (κ3) is 3.90. The van der Waals surface area contributed by atoms with Gasteiger partial charge < -0.3 is 5.32 Å². The molecule has 0 spiro atoms. The lowest BCUT2D eigenvalue weighted by Crippen LogP contribution is -2.19. The van der Waals surface area contributed by atoms with Crippen LogP contribution in [0.4, 0.5) is 5.69 Å². The Morgan fingerprint density at radius 3 is 2.39 bits per heavy atom. The fourth-order valence-corrected chi connectivity index (χ4v) is 3.07. The predicted octanol–water partition coefficient (Wildman–Crippen LogP) is 4.70. The zero-order valence-electron chi connectivity index (χ0n) is 13.1. The highest BCUT2D eigenvalue weighted by molar-refractivity contribution is 8.18. The van der Waals surface area contributed by atoms with Gasteiger partial charge in [0, 0.05) is 0 Å². The van der Waals surface area contributed by atoms with E-state index in [9.17, 15) is 4.79 Å². The Kier molecular flexibility index (Phi) is 4.63. The van der Waals surface area contributed by atoms with Gasteiger partial charge in [0.2, 0.25) is 0 Å². The smallest absolute Gasteiger partial charge is 0.264 e. The minimum absolute atomic E-state index is 0.0994. The van der Waals surface area contributed by atoms with Crippen molar-refractivity contribution >= 4 is 34.6 Å². The average Bonchev–Trinajstić information content (AvgIpc) is 2.88. The maximum Gasteiger partial charge on any atom is 0.264 e. The number of rotatable bonds is 3. The van der Waals surface area contributed by atoms with Gasteiger partial charge in [-0.05, 0) is 47.0 Å². The van der Waals surface area contributed by atoms with Crippen molar-refractivity contribution in [2.24, 2.45) is 4.99 Å². The molecule has 0 atom stereocenters. The Morgan fingerprint density at radius 2 is 1.74 bits per heavy atom. The van der Waals surface area contributed by atoms with Gasteiger partial charge in [-0.1, -0.05) is 56.3 Å². The summed E-state index contributed by atoms with van der Waals surface area (Å²) >= 11 is 1.37. The lowest BCUT2D eigenvalue weighted by atomic mass is 10.0. The molecule has 23 heavy (non-hydrogen) atoms. The van der Waals surface area contributed by atoms with Gasteiger partial charge in [0.1, 0.15) is 0 Å².